The van der Waals surface area contributed by atoms with E-state index < -0.39 is 6.04 Å². The molecule has 1 atom stereocenters. The lowest BCUT2D eigenvalue weighted by molar-refractivity contribution is -0.134. The van der Waals surface area contributed by atoms with Crippen molar-refractivity contribution in [2.75, 3.05) is 33.2 Å². The fourth-order valence-electron chi connectivity index (χ4n) is 2.04. The third kappa shape index (κ3) is 2.86. The van der Waals surface area contributed by atoms with E-state index >= 15 is 0 Å². The zero-order valence-corrected chi connectivity index (χ0v) is 10.5. The van der Waals surface area contributed by atoms with Gasteiger partial charge in [-0.3, -0.25) is 4.79 Å². The normalized spacial score (nSPS) is 18.7. The lowest BCUT2D eigenvalue weighted by Crippen LogP contribution is -2.49. The highest BCUT2D eigenvalue weighted by atomic mass is 19.1. The van der Waals surface area contributed by atoms with Gasteiger partial charge in [0.15, 0.2) is 0 Å². The van der Waals surface area contributed by atoms with Crippen molar-refractivity contribution in [1.82, 2.24) is 9.80 Å². The Balaban J connectivity index is 2.02. The van der Waals surface area contributed by atoms with Gasteiger partial charge in [-0.15, -0.1) is 0 Å². The van der Waals surface area contributed by atoms with E-state index in [4.69, 9.17) is 5.73 Å². The van der Waals surface area contributed by atoms with Crippen LogP contribution >= 0.6 is 0 Å². The molecule has 2 rings (SSSR count). The Morgan fingerprint density at radius 2 is 1.78 bits per heavy atom. The summed E-state index contributed by atoms with van der Waals surface area (Å²) in [5.41, 5.74) is 6.58. The Morgan fingerprint density at radius 1 is 1.22 bits per heavy atom. The second kappa shape index (κ2) is 5.46. The summed E-state index contributed by atoms with van der Waals surface area (Å²) in [5, 5.41) is 0. The van der Waals surface area contributed by atoms with Crippen molar-refractivity contribution in [1.29, 1.82) is 0 Å². The number of nitrogens with two attached hydrogens (primary N) is 1. The van der Waals surface area contributed by atoms with E-state index in [9.17, 15) is 9.18 Å². The lowest BCUT2D eigenvalue weighted by atomic mass is 10.1. The highest BCUT2D eigenvalue weighted by Crippen LogP contribution is 2.15. The molecule has 1 fully saturated rings. The Morgan fingerprint density at radius 3 is 2.33 bits per heavy atom. The monoisotopic (exact) mass is 251 g/mol. The predicted octanol–water partition coefficient (Wildman–Crippen LogP) is 0.599. The fourth-order valence-corrected chi connectivity index (χ4v) is 2.04. The molecule has 0 bridgehead atoms. The number of hydrogen-bond donors (Lipinski definition) is 1. The standard InChI is InChI=1S/C13H18FN3O/c1-16-6-8-17(9-7-16)13(18)12(15)10-2-4-11(14)5-3-10/h2-5,12H,6-9,15H2,1H3. The maximum Gasteiger partial charge on any atom is 0.244 e. The third-order valence-corrected chi connectivity index (χ3v) is 3.31. The molecule has 1 aliphatic rings. The van der Waals surface area contributed by atoms with Gasteiger partial charge in [0.1, 0.15) is 11.9 Å². The Hall–Kier alpha value is -1.46. The molecule has 1 aromatic rings. The van der Waals surface area contributed by atoms with Crippen LogP contribution in [0.5, 0.6) is 0 Å². The van der Waals surface area contributed by atoms with E-state index in [1.54, 1.807) is 17.0 Å². The summed E-state index contributed by atoms with van der Waals surface area (Å²) in [6.45, 7) is 3.12. The van der Waals surface area contributed by atoms with Crippen LogP contribution in [-0.4, -0.2) is 48.9 Å². The van der Waals surface area contributed by atoms with Gasteiger partial charge in [0, 0.05) is 26.2 Å². The maximum absolute atomic E-state index is 12.8. The number of likely N-dealkylation sites (N-methyl/N-ethyl adjacent to an activating group) is 1. The summed E-state index contributed by atoms with van der Waals surface area (Å²) < 4.78 is 12.8. The molecule has 18 heavy (non-hydrogen) atoms. The minimum atomic E-state index is -0.700. The van der Waals surface area contributed by atoms with Gasteiger partial charge < -0.3 is 15.5 Å². The molecule has 1 heterocycles. The van der Waals surface area contributed by atoms with Crippen LogP contribution < -0.4 is 5.73 Å². The van der Waals surface area contributed by atoms with Gasteiger partial charge in [-0.2, -0.15) is 0 Å². The van der Waals surface area contributed by atoms with E-state index in [0.717, 1.165) is 13.1 Å². The highest BCUT2D eigenvalue weighted by Gasteiger charge is 2.24. The molecule has 0 spiro atoms. The minimum Gasteiger partial charge on any atom is -0.338 e. The smallest absolute Gasteiger partial charge is 0.244 e. The second-order valence-electron chi connectivity index (χ2n) is 4.66. The van der Waals surface area contributed by atoms with Crippen LogP contribution in [0, 0.1) is 5.82 Å². The molecule has 5 heteroatoms. The zero-order chi connectivity index (χ0) is 13.1. The van der Waals surface area contributed by atoms with Crippen molar-refractivity contribution in [3.8, 4) is 0 Å². The van der Waals surface area contributed by atoms with Crippen molar-refractivity contribution < 1.29 is 9.18 Å². The van der Waals surface area contributed by atoms with Crippen molar-refractivity contribution in [3.05, 3.63) is 35.6 Å². The van der Waals surface area contributed by atoms with Crippen molar-refractivity contribution in [3.63, 3.8) is 0 Å². The molecule has 0 radical (unpaired) electrons. The Labute approximate surface area is 106 Å². The van der Waals surface area contributed by atoms with Crippen LogP contribution in [-0.2, 0) is 4.79 Å². The molecule has 4 nitrogen and oxygen atoms in total. The molecular weight excluding hydrogens is 233 g/mol. The van der Waals surface area contributed by atoms with Gasteiger partial charge in [-0.1, -0.05) is 12.1 Å². The summed E-state index contributed by atoms with van der Waals surface area (Å²) in [5.74, 6) is -0.410. The number of halogens is 1. The number of amides is 1. The van der Waals surface area contributed by atoms with E-state index in [1.165, 1.54) is 12.1 Å². The molecule has 1 unspecified atom stereocenters. The van der Waals surface area contributed by atoms with Crippen LogP contribution in [0.3, 0.4) is 0 Å². The molecule has 1 aromatic carbocycles. The number of piperazine rings is 1. The first-order chi connectivity index (χ1) is 8.58. The van der Waals surface area contributed by atoms with Crippen molar-refractivity contribution >= 4 is 5.91 Å². The van der Waals surface area contributed by atoms with Crippen LogP contribution in [0.25, 0.3) is 0 Å². The first kappa shape index (κ1) is 13.0. The number of carbonyl (C=O) groups excluding carboxylic acids is 1. The van der Waals surface area contributed by atoms with Gasteiger partial charge in [0.05, 0.1) is 0 Å². The molecule has 1 aliphatic heterocycles. The van der Waals surface area contributed by atoms with E-state index in [-0.39, 0.29) is 11.7 Å². The predicted molar refractivity (Wildman–Crippen MR) is 67.4 cm³/mol. The largest absolute Gasteiger partial charge is 0.338 e. The number of nitrogens with zero attached hydrogens (tertiary/aromatic N) is 2. The Kier molecular flexibility index (Phi) is 3.93. The number of rotatable bonds is 2. The van der Waals surface area contributed by atoms with E-state index in [2.05, 4.69) is 4.90 Å². The molecule has 0 aliphatic carbocycles. The number of carbonyl (C=O) groups is 1. The van der Waals surface area contributed by atoms with Crippen LogP contribution in [0.4, 0.5) is 4.39 Å². The van der Waals surface area contributed by atoms with Crippen molar-refractivity contribution in [2.45, 2.75) is 6.04 Å². The summed E-state index contributed by atoms with van der Waals surface area (Å²) in [7, 11) is 2.03. The van der Waals surface area contributed by atoms with Crippen molar-refractivity contribution in [2.24, 2.45) is 5.73 Å². The highest BCUT2D eigenvalue weighted by molar-refractivity contribution is 5.83. The lowest BCUT2D eigenvalue weighted by Gasteiger charge is -2.33. The molecule has 0 saturated carbocycles. The van der Waals surface area contributed by atoms with Crippen LogP contribution in [0.15, 0.2) is 24.3 Å². The fraction of sp³-hybridized carbons (Fsp3) is 0.462. The number of hydrogen-bond acceptors (Lipinski definition) is 3. The first-order valence-corrected chi connectivity index (χ1v) is 6.06. The average Bonchev–Trinajstić information content (AvgIpc) is 2.39. The molecule has 1 amide bonds. The Bertz CT molecular complexity index is 413. The van der Waals surface area contributed by atoms with Gasteiger partial charge >= 0.3 is 0 Å². The number of benzene rings is 1. The quantitative estimate of drug-likeness (QED) is 0.837. The van der Waals surface area contributed by atoms with Crippen LogP contribution in [0.1, 0.15) is 11.6 Å². The van der Waals surface area contributed by atoms with E-state index in [0.29, 0.717) is 18.7 Å². The molecule has 1 saturated heterocycles. The maximum atomic E-state index is 12.8. The second-order valence-corrected chi connectivity index (χ2v) is 4.66. The minimum absolute atomic E-state index is 0.0882. The topological polar surface area (TPSA) is 49.6 Å². The average molecular weight is 251 g/mol. The summed E-state index contributed by atoms with van der Waals surface area (Å²) in [4.78, 5) is 16.1. The zero-order valence-electron chi connectivity index (χ0n) is 10.5. The molecule has 0 aromatic heterocycles. The van der Waals surface area contributed by atoms with Gasteiger partial charge in [0.2, 0.25) is 5.91 Å². The summed E-state index contributed by atoms with van der Waals surface area (Å²) >= 11 is 0. The summed E-state index contributed by atoms with van der Waals surface area (Å²) in [6, 6.07) is 5.08. The SMILES string of the molecule is CN1CCN(C(=O)C(N)c2ccc(F)cc2)CC1. The molecular formula is C13H18FN3O. The van der Waals surface area contributed by atoms with Crippen LogP contribution in [0.2, 0.25) is 0 Å². The first-order valence-electron chi connectivity index (χ1n) is 6.06. The van der Waals surface area contributed by atoms with Gasteiger partial charge in [-0.05, 0) is 24.7 Å². The summed E-state index contributed by atoms with van der Waals surface area (Å²) in [6.07, 6.45) is 0. The molecule has 2 N–H and O–H groups in total. The van der Waals surface area contributed by atoms with E-state index in [1.807, 2.05) is 7.05 Å². The van der Waals surface area contributed by atoms with Gasteiger partial charge in [-0.25, -0.2) is 4.39 Å². The van der Waals surface area contributed by atoms with Gasteiger partial charge in [0.25, 0.3) is 0 Å². The third-order valence-electron chi connectivity index (χ3n) is 3.31. The molecule has 98 valence electrons.